The maximum Gasteiger partial charge on any atom is 0.168 e. The van der Waals surface area contributed by atoms with Gasteiger partial charge in [-0.2, -0.15) is 0 Å². The molecule has 162 valence electrons. The molecule has 0 spiro atoms. The molecule has 0 atom stereocenters. The number of hydrogen-bond donors (Lipinski definition) is 1. The minimum Gasteiger partial charge on any atom is -0.387 e. The second-order valence-electron chi connectivity index (χ2n) is 7.33. The van der Waals surface area contributed by atoms with Gasteiger partial charge in [0.2, 0.25) is 0 Å². The monoisotopic (exact) mass is 427 g/mol. The Bertz CT molecular complexity index is 1020. The summed E-state index contributed by atoms with van der Waals surface area (Å²) in [5.74, 6) is -1.99. The highest BCUT2D eigenvalue weighted by Crippen LogP contribution is 2.35. The SMILES string of the molecule is CNc1cnccc1C1CCCCC1.O=Cc1ccc(F)c(-c2c(F)cccc2F)n1. The molecule has 1 N–H and O–H groups in total. The molecule has 1 aliphatic carbocycles. The van der Waals surface area contributed by atoms with E-state index in [1.165, 1.54) is 43.4 Å². The molecule has 0 saturated heterocycles. The van der Waals surface area contributed by atoms with Crippen LogP contribution in [-0.4, -0.2) is 23.3 Å². The number of nitrogens with zero attached hydrogens (tertiary/aromatic N) is 2. The summed E-state index contributed by atoms with van der Waals surface area (Å²) in [5, 5.41) is 3.23. The van der Waals surface area contributed by atoms with Gasteiger partial charge in [-0.25, -0.2) is 18.2 Å². The zero-order chi connectivity index (χ0) is 22.2. The quantitative estimate of drug-likeness (QED) is 0.508. The third-order valence-corrected chi connectivity index (χ3v) is 5.36. The summed E-state index contributed by atoms with van der Waals surface area (Å²) in [5.41, 5.74) is 1.49. The fourth-order valence-corrected chi connectivity index (χ4v) is 3.81. The minimum atomic E-state index is -0.931. The van der Waals surface area contributed by atoms with Crippen molar-refractivity contribution in [3.63, 3.8) is 0 Å². The molecule has 0 bridgehead atoms. The van der Waals surface area contributed by atoms with E-state index in [9.17, 15) is 18.0 Å². The average molecular weight is 427 g/mol. The van der Waals surface area contributed by atoms with Crippen LogP contribution >= 0.6 is 0 Å². The van der Waals surface area contributed by atoms with E-state index in [1.807, 2.05) is 19.4 Å². The first-order chi connectivity index (χ1) is 15.0. The maximum atomic E-state index is 13.4. The van der Waals surface area contributed by atoms with Gasteiger partial charge in [-0.15, -0.1) is 0 Å². The highest BCUT2D eigenvalue weighted by molar-refractivity contribution is 5.74. The van der Waals surface area contributed by atoms with Gasteiger partial charge in [0.05, 0.1) is 17.4 Å². The Kier molecular flexibility index (Phi) is 7.76. The normalized spacial score (nSPS) is 13.8. The van der Waals surface area contributed by atoms with Gasteiger partial charge in [0.15, 0.2) is 6.29 Å². The molecule has 4 nitrogen and oxygen atoms in total. The molecule has 1 aromatic carbocycles. The van der Waals surface area contributed by atoms with Crippen molar-refractivity contribution in [1.29, 1.82) is 0 Å². The Morgan fingerprint density at radius 3 is 2.32 bits per heavy atom. The van der Waals surface area contributed by atoms with E-state index in [1.54, 1.807) is 0 Å². The fraction of sp³-hybridized carbons (Fsp3) is 0.292. The highest BCUT2D eigenvalue weighted by atomic mass is 19.1. The molecule has 2 aromatic heterocycles. The lowest BCUT2D eigenvalue weighted by Gasteiger charge is -2.23. The molecule has 31 heavy (non-hydrogen) atoms. The van der Waals surface area contributed by atoms with E-state index in [-0.39, 0.29) is 5.69 Å². The van der Waals surface area contributed by atoms with Crippen LogP contribution in [-0.2, 0) is 0 Å². The smallest absolute Gasteiger partial charge is 0.168 e. The number of anilines is 1. The van der Waals surface area contributed by atoms with Crippen LogP contribution in [0.25, 0.3) is 11.3 Å². The van der Waals surface area contributed by atoms with Crippen LogP contribution < -0.4 is 5.32 Å². The van der Waals surface area contributed by atoms with Crippen LogP contribution in [0.15, 0.2) is 48.8 Å². The van der Waals surface area contributed by atoms with Crippen LogP contribution in [0, 0.1) is 17.5 Å². The number of aromatic nitrogens is 2. The number of rotatable bonds is 4. The summed E-state index contributed by atoms with van der Waals surface area (Å²) >= 11 is 0. The molecule has 3 aromatic rings. The van der Waals surface area contributed by atoms with E-state index in [0.717, 1.165) is 36.2 Å². The van der Waals surface area contributed by atoms with Crippen molar-refractivity contribution in [3.05, 3.63) is 77.5 Å². The van der Waals surface area contributed by atoms with Crippen molar-refractivity contribution in [3.8, 4) is 11.3 Å². The predicted molar refractivity (Wildman–Crippen MR) is 115 cm³/mol. The molecule has 0 amide bonds. The molecule has 4 rings (SSSR count). The molecule has 1 saturated carbocycles. The predicted octanol–water partition coefficient (Wildman–Crippen LogP) is 6.15. The number of aldehydes is 1. The number of pyridine rings is 2. The molecule has 7 heteroatoms. The van der Waals surface area contributed by atoms with Crippen LogP contribution in [0.3, 0.4) is 0 Å². The van der Waals surface area contributed by atoms with Gasteiger partial charge in [-0.3, -0.25) is 9.78 Å². The van der Waals surface area contributed by atoms with E-state index in [4.69, 9.17) is 0 Å². The number of carbonyl (C=O) groups is 1. The zero-order valence-electron chi connectivity index (χ0n) is 17.2. The van der Waals surface area contributed by atoms with Gasteiger partial charge in [-0.1, -0.05) is 25.3 Å². The topological polar surface area (TPSA) is 54.9 Å². The van der Waals surface area contributed by atoms with Crippen molar-refractivity contribution in [2.75, 3.05) is 12.4 Å². The molecule has 1 fully saturated rings. The number of benzene rings is 1. The van der Waals surface area contributed by atoms with Crippen molar-refractivity contribution in [2.45, 2.75) is 38.0 Å². The van der Waals surface area contributed by atoms with Gasteiger partial charge >= 0.3 is 0 Å². The van der Waals surface area contributed by atoms with Crippen LogP contribution in [0.4, 0.5) is 18.9 Å². The van der Waals surface area contributed by atoms with Gasteiger partial charge in [0.1, 0.15) is 28.8 Å². The van der Waals surface area contributed by atoms with E-state index < -0.39 is 28.7 Å². The molecule has 1 aliphatic rings. The lowest BCUT2D eigenvalue weighted by Crippen LogP contribution is -2.07. The first-order valence-electron chi connectivity index (χ1n) is 10.2. The third kappa shape index (κ3) is 5.48. The van der Waals surface area contributed by atoms with E-state index in [2.05, 4.69) is 21.4 Å². The summed E-state index contributed by atoms with van der Waals surface area (Å²) < 4.78 is 40.3. The van der Waals surface area contributed by atoms with Gasteiger partial charge in [-0.05, 0) is 54.7 Å². The lowest BCUT2D eigenvalue weighted by molar-refractivity contribution is 0.111. The van der Waals surface area contributed by atoms with Crippen LogP contribution in [0.5, 0.6) is 0 Å². The van der Waals surface area contributed by atoms with Gasteiger partial charge in [0, 0.05) is 13.2 Å². The Hall–Kier alpha value is -3.22. The van der Waals surface area contributed by atoms with Crippen LogP contribution in [0.1, 0.15) is 54.1 Å². The summed E-state index contributed by atoms with van der Waals surface area (Å²) in [6.45, 7) is 0. The summed E-state index contributed by atoms with van der Waals surface area (Å²) in [6.07, 6.45) is 11.1. The Balaban J connectivity index is 0.000000179. The molecule has 0 unspecified atom stereocenters. The molecular weight excluding hydrogens is 403 g/mol. The first kappa shape index (κ1) is 22.5. The van der Waals surface area contributed by atoms with Crippen molar-refractivity contribution in [2.24, 2.45) is 0 Å². The first-order valence-corrected chi connectivity index (χ1v) is 10.2. The van der Waals surface area contributed by atoms with Gasteiger partial charge in [0.25, 0.3) is 0 Å². The summed E-state index contributed by atoms with van der Waals surface area (Å²) in [6, 6.07) is 7.39. The van der Waals surface area contributed by atoms with E-state index in [0.29, 0.717) is 6.29 Å². The largest absolute Gasteiger partial charge is 0.387 e. The van der Waals surface area contributed by atoms with Crippen LogP contribution in [0.2, 0.25) is 0 Å². The standard InChI is InChI=1S/C12H6F3NO.C12H18N2/c13-8-2-1-3-9(14)11(8)12-10(15)5-4-7(6-17)16-12;1-13-12-9-14-8-7-11(12)10-5-3-2-4-6-10/h1-6H;7-10,13H,2-6H2,1H3. The molecule has 0 aliphatic heterocycles. The Morgan fingerprint density at radius 2 is 1.68 bits per heavy atom. The summed E-state index contributed by atoms with van der Waals surface area (Å²) in [7, 11) is 1.98. The summed E-state index contributed by atoms with van der Waals surface area (Å²) in [4.78, 5) is 18.2. The maximum absolute atomic E-state index is 13.4. The fourth-order valence-electron chi connectivity index (χ4n) is 3.81. The molecule has 0 radical (unpaired) electrons. The third-order valence-electron chi connectivity index (χ3n) is 5.36. The number of nitrogens with one attached hydrogen (secondary N) is 1. The number of hydrogen-bond acceptors (Lipinski definition) is 4. The molecular formula is C24H24F3N3O. The number of carbonyl (C=O) groups excluding carboxylic acids is 1. The number of halogens is 3. The van der Waals surface area contributed by atoms with Crippen molar-refractivity contribution < 1.29 is 18.0 Å². The minimum absolute atomic E-state index is 0.0935. The highest BCUT2D eigenvalue weighted by Gasteiger charge is 2.18. The zero-order valence-corrected chi connectivity index (χ0v) is 17.2. The van der Waals surface area contributed by atoms with Gasteiger partial charge < -0.3 is 5.32 Å². The molecule has 2 heterocycles. The lowest BCUT2D eigenvalue weighted by atomic mass is 9.84. The van der Waals surface area contributed by atoms with Crippen molar-refractivity contribution in [1.82, 2.24) is 9.97 Å². The average Bonchev–Trinajstić information content (AvgIpc) is 2.81. The second kappa shape index (κ2) is 10.7. The Labute approximate surface area is 179 Å². The van der Waals surface area contributed by atoms with E-state index >= 15 is 0 Å². The second-order valence-corrected chi connectivity index (χ2v) is 7.33. The Morgan fingerprint density at radius 1 is 0.968 bits per heavy atom. The van der Waals surface area contributed by atoms with Crippen molar-refractivity contribution >= 4 is 12.0 Å².